The van der Waals surface area contributed by atoms with E-state index in [-0.39, 0.29) is 24.0 Å². The molecule has 1 saturated carbocycles. The maximum atomic E-state index is 14.6. The number of amides is 4. The van der Waals surface area contributed by atoms with Crippen LogP contribution in [0, 0.1) is 11.8 Å². The Balaban J connectivity index is 1.76. The first-order valence-electron chi connectivity index (χ1n) is 22.9. The van der Waals surface area contributed by atoms with Gasteiger partial charge in [-0.05, 0) is 38.2 Å². The lowest BCUT2D eigenvalue weighted by molar-refractivity contribution is -0.319. The minimum Gasteiger partial charge on any atom is -0.492 e. The number of aliphatic hydroxyl groups is 9. The third-order valence-corrected chi connectivity index (χ3v) is 13.9. The molecular formula is C46H68N4O21S. The monoisotopic (exact) mass is 1040 g/mol. The smallest absolute Gasteiger partial charge is 0.405 e. The van der Waals surface area contributed by atoms with Crippen LogP contribution in [0.4, 0.5) is 4.79 Å². The van der Waals surface area contributed by atoms with Gasteiger partial charge in [-0.3, -0.25) is 24.0 Å². The molecule has 26 heteroatoms. The molecule has 2 fully saturated rings. The van der Waals surface area contributed by atoms with Crippen LogP contribution in [0.15, 0.2) is 57.4 Å². The summed E-state index contributed by atoms with van der Waals surface area (Å²) in [5, 5.41) is 103. The van der Waals surface area contributed by atoms with E-state index in [0.717, 1.165) is 14.0 Å². The number of methoxy groups -OCH3 is 3. The van der Waals surface area contributed by atoms with Crippen molar-refractivity contribution in [1.29, 1.82) is 0 Å². The lowest BCUT2D eigenvalue weighted by Crippen LogP contribution is -2.69. The third kappa shape index (κ3) is 14.1. The standard InChI is InChI=1S/C46H68N4O21S/c1-17-12-22-30(54)27(49-43(63)18(2)10-9-11-24(66-6)39(71-46(47)65)20(4)14-19(3)29(53)25(13-17)67-7)42(38(62)40(22)68-8)72-16-23(48-21(5)52)44(64)50-28-32(56)31(55)26(15-51)69-45(28)70-41-36(60)34(58)33(57)35(59)37(41)61/h9-11,14,17,19,23-26,28-29,31-37,39,41,45,51,53,55-61H,12-13,15-16H2,1-8H3,(H2,47,65)(H,48,52)(H,49,63)(H,50,64)/b11-9-,18-10+,20-14+/t17-,19+,23+,24?,25+,26-,28-,29-,31-,32-,33?,34-,35+,36-,37-,39+,41?,45-/m1/s1. The SMILES string of the molecule is COC1=C2C[C@@H](C)C[C@H](OC)[C@H](O)[C@@H](C)/C=C(\C)[C@H](OC(N)=O)C(OC)/C=C\C=C(/C)C(=O)NC(=C(SC[C@H](NC(C)=O)C(=O)N[C@H]3[C@@H](OC4[C@H](O)[C@H](O)C(O)[C@H](O)[C@H]4O)O[C@H](CO)[C@@H](O)[C@@H]3O)C1=O)C2=O. The van der Waals surface area contributed by atoms with Gasteiger partial charge < -0.3 is 96.1 Å². The van der Waals surface area contributed by atoms with Crippen LogP contribution in [0.25, 0.3) is 0 Å². The number of primary amides is 1. The van der Waals surface area contributed by atoms with Crippen molar-refractivity contribution in [1.82, 2.24) is 16.0 Å². The third-order valence-electron chi connectivity index (χ3n) is 12.7. The summed E-state index contributed by atoms with van der Waals surface area (Å²) in [4.78, 5) is 81.3. The Hall–Kier alpha value is -4.65. The number of ketones is 2. The van der Waals surface area contributed by atoms with Crippen LogP contribution >= 0.6 is 11.8 Å². The summed E-state index contributed by atoms with van der Waals surface area (Å²) < 4.78 is 33.5. The van der Waals surface area contributed by atoms with E-state index in [9.17, 15) is 74.7 Å². The van der Waals surface area contributed by atoms with Crippen molar-refractivity contribution in [3.8, 4) is 0 Å². The molecule has 72 heavy (non-hydrogen) atoms. The number of nitrogens with two attached hydrogens (primary N) is 1. The van der Waals surface area contributed by atoms with Gasteiger partial charge in [0.1, 0.15) is 78.8 Å². The number of ether oxygens (including phenoxy) is 6. The molecule has 18 atom stereocenters. The van der Waals surface area contributed by atoms with Gasteiger partial charge in [-0.2, -0.15) is 0 Å². The fourth-order valence-electron chi connectivity index (χ4n) is 8.68. The predicted octanol–water partition coefficient (Wildman–Crippen LogP) is -3.90. The molecule has 0 aromatic carbocycles. The normalized spacial score (nSPS) is 37.8. The zero-order valence-corrected chi connectivity index (χ0v) is 41.8. The van der Waals surface area contributed by atoms with Gasteiger partial charge in [0.05, 0.1) is 30.8 Å². The Morgan fingerprint density at radius 3 is 2.07 bits per heavy atom. The summed E-state index contributed by atoms with van der Waals surface area (Å²) in [6.45, 7) is 6.60. The van der Waals surface area contributed by atoms with Crippen LogP contribution in [0.5, 0.6) is 0 Å². The average molecular weight is 1050 g/mol. The van der Waals surface area contributed by atoms with Crippen LogP contribution in [0.1, 0.15) is 47.5 Å². The minimum atomic E-state index is -2.09. The maximum Gasteiger partial charge on any atom is 0.405 e. The van der Waals surface area contributed by atoms with E-state index in [1.54, 1.807) is 26.8 Å². The van der Waals surface area contributed by atoms with Crippen molar-refractivity contribution < 1.29 is 103 Å². The second-order valence-electron chi connectivity index (χ2n) is 18.1. The Kier molecular flexibility index (Phi) is 22.1. The summed E-state index contributed by atoms with van der Waals surface area (Å²) in [7, 11) is 3.87. The number of hydrogen-bond acceptors (Lipinski definition) is 22. The average Bonchev–Trinajstić information content (AvgIpc) is 3.33. The molecule has 2 aliphatic carbocycles. The van der Waals surface area contributed by atoms with Crippen LogP contribution in [0.2, 0.25) is 0 Å². The molecule has 3 unspecified atom stereocenters. The fraction of sp³-hybridized carbons (Fsp3) is 0.652. The predicted molar refractivity (Wildman–Crippen MR) is 250 cm³/mol. The second-order valence-corrected chi connectivity index (χ2v) is 19.1. The van der Waals surface area contributed by atoms with Gasteiger partial charge in [-0.15, -0.1) is 11.8 Å². The van der Waals surface area contributed by atoms with Crippen molar-refractivity contribution in [3.05, 3.63) is 57.4 Å². The molecule has 2 bridgehead atoms. The zero-order chi connectivity index (χ0) is 54.0. The summed E-state index contributed by atoms with van der Waals surface area (Å²) in [5.41, 5.74) is 5.19. The number of Topliss-reactive ketones (excluding diaryl/α,β-unsaturated/α-hetero) is 2. The molecular weight excluding hydrogens is 977 g/mol. The summed E-state index contributed by atoms with van der Waals surface area (Å²) in [6, 6.07) is -3.54. The van der Waals surface area contributed by atoms with Crippen molar-refractivity contribution in [3.63, 3.8) is 0 Å². The quantitative estimate of drug-likeness (QED) is 0.0619. The molecule has 2 aliphatic heterocycles. The molecule has 14 N–H and O–H groups in total. The highest BCUT2D eigenvalue weighted by Crippen LogP contribution is 2.36. The first-order valence-corrected chi connectivity index (χ1v) is 23.9. The Bertz CT molecular complexity index is 2130. The van der Waals surface area contributed by atoms with Gasteiger partial charge >= 0.3 is 6.09 Å². The number of allylic oxidation sites excluding steroid dienone is 4. The molecule has 0 spiro atoms. The van der Waals surface area contributed by atoms with Gasteiger partial charge in [0, 0.05) is 44.0 Å². The van der Waals surface area contributed by atoms with E-state index in [2.05, 4.69) is 16.0 Å². The summed E-state index contributed by atoms with van der Waals surface area (Å²) in [5.74, 6) is -6.68. The zero-order valence-electron chi connectivity index (χ0n) is 40.9. The molecule has 0 aromatic heterocycles. The molecule has 0 aromatic rings. The van der Waals surface area contributed by atoms with Gasteiger partial charge in [0.25, 0.3) is 5.91 Å². The lowest BCUT2D eigenvalue weighted by Gasteiger charge is -2.47. The van der Waals surface area contributed by atoms with E-state index in [1.165, 1.54) is 39.4 Å². The van der Waals surface area contributed by atoms with E-state index in [1.807, 2.05) is 0 Å². The van der Waals surface area contributed by atoms with E-state index >= 15 is 0 Å². The number of rotatable bonds is 13. The molecule has 1 saturated heterocycles. The molecule has 25 nitrogen and oxygen atoms in total. The Labute approximate surface area is 419 Å². The van der Waals surface area contributed by atoms with Gasteiger partial charge in [-0.1, -0.05) is 38.2 Å². The maximum absolute atomic E-state index is 14.6. The van der Waals surface area contributed by atoms with Crippen molar-refractivity contribution in [2.45, 2.75) is 145 Å². The van der Waals surface area contributed by atoms with Crippen LogP contribution in [-0.4, -0.2) is 213 Å². The Morgan fingerprint density at radius 2 is 1.51 bits per heavy atom. The van der Waals surface area contributed by atoms with E-state index < -0.39 is 174 Å². The van der Waals surface area contributed by atoms with Gasteiger partial charge in [0.15, 0.2) is 18.2 Å². The van der Waals surface area contributed by atoms with Gasteiger partial charge in [0.2, 0.25) is 23.4 Å². The number of hydrogen-bond donors (Lipinski definition) is 13. The number of thioether (sulfide) groups is 1. The largest absolute Gasteiger partial charge is 0.492 e. The van der Waals surface area contributed by atoms with Crippen LogP contribution in [-0.2, 0) is 52.4 Å². The topological polar surface area (TPSA) is 402 Å². The highest BCUT2D eigenvalue weighted by atomic mass is 32.2. The summed E-state index contributed by atoms with van der Waals surface area (Å²) >= 11 is 0.540. The molecule has 4 aliphatic rings. The van der Waals surface area contributed by atoms with Crippen LogP contribution in [0.3, 0.4) is 0 Å². The number of aliphatic hydroxyl groups excluding tert-OH is 9. The first kappa shape index (κ1) is 59.9. The van der Waals surface area contributed by atoms with Crippen molar-refractivity contribution in [2.75, 3.05) is 33.7 Å². The number of fused-ring (bicyclic) bond motifs is 2. The number of nitrogens with one attached hydrogen (secondary N) is 3. The Morgan fingerprint density at radius 1 is 0.889 bits per heavy atom. The van der Waals surface area contributed by atoms with E-state index in [0.29, 0.717) is 17.3 Å². The molecule has 2 heterocycles. The highest BCUT2D eigenvalue weighted by molar-refractivity contribution is 8.04. The van der Waals surface area contributed by atoms with Crippen molar-refractivity contribution >= 4 is 47.1 Å². The van der Waals surface area contributed by atoms with Gasteiger partial charge in [-0.25, -0.2) is 4.79 Å². The highest BCUT2D eigenvalue weighted by Gasteiger charge is 2.53. The molecule has 404 valence electrons. The lowest BCUT2D eigenvalue weighted by atomic mass is 9.84. The fourth-order valence-corrected chi connectivity index (χ4v) is 9.76. The first-order chi connectivity index (χ1) is 33.8. The molecule has 0 radical (unpaired) electrons. The minimum absolute atomic E-state index is 0.00788. The van der Waals surface area contributed by atoms with Crippen molar-refractivity contribution in [2.24, 2.45) is 17.6 Å². The summed E-state index contributed by atoms with van der Waals surface area (Å²) in [6.07, 6.45) is -19.1. The number of carbonyl (C=O) groups is 6. The van der Waals surface area contributed by atoms with E-state index in [4.69, 9.17) is 34.2 Å². The molecule has 4 amide bonds. The molecule has 4 rings (SSSR count). The second kappa shape index (κ2) is 26.5. The van der Waals surface area contributed by atoms with Crippen LogP contribution < -0.4 is 21.7 Å². The number of carbonyl (C=O) groups excluding carboxylic acids is 6.